The molecule has 0 spiro atoms. The SMILES string of the molecule is CC1CCCCC[C@H](C)NC1. The topological polar surface area (TPSA) is 12.0 Å². The van der Waals surface area contributed by atoms with Crippen LogP contribution in [-0.2, 0) is 0 Å². The van der Waals surface area contributed by atoms with Crippen LogP contribution >= 0.6 is 0 Å². The van der Waals surface area contributed by atoms with Crippen LogP contribution in [0.1, 0.15) is 46.0 Å². The molecule has 1 N–H and O–H groups in total. The van der Waals surface area contributed by atoms with Gasteiger partial charge >= 0.3 is 0 Å². The van der Waals surface area contributed by atoms with Crippen molar-refractivity contribution in [3.63, 3.8) is 0 Å². The molecule has 0 aromatic rings. The molecule has 1 unspecified atom stereocenters. The van der Waals surface area contributed by atoms with Crippen molar-refractivity contribution in [3.8, 4) is 0 Å². The molecule has 0 aromatic heterocycles. The van der Waals surface area contributed by atoms with Crippen molar-refractivity contribution in [1.29, 1.82) is 0 Å². The molecule has 1 aliphatic rings. The summed E-state index contributed by atoms with van der Waals surface area (Å²) in [4.78, 5) is 0. The van der Waals surface area contributed by atoms with E-state index < -0.39 is 0 Å². The van der Waals surface area contributed by atoms with Gasteiger partial charge in [-0.05, 0) is 32.2 Å². The zero-order valence-electron chi connectivity index (χ0n) is 7.90. The molecule has 0 aromatic carbocycles. The highest BCUT2D eigenvalue weighted by atomic mass is 14.9. The molecule has 1 nitrogen and oxygen atoms in total. The quantitative estimate of drug-likeness (QED) is 0.567. The Balaban J connectivity index is 2.25. The largest absolute Gasteiger partial charge is 0.314 e. The average Bonchev–Trinajstić information content (AvgIpc) is 2.06. The second-order valence-electron chi connectivity index (χ2n) is 4.05. The monoisotopic (exact) mass is 155 g/mol. The number of rotatable bonds is 0. The van der Waals surface area contributed by atoms with E-state index in [1.165, 1.54) is 38.6 Å². The van der Waals surface area contributed by atoms with Gasteiger partial charge in [-0.15, -0.1) is 0 Å². The van der Waals surface area contributed by atoms with Crippen LogP contribution in [-0.4, -0.2) is 12.6 Å². The molecule has 0 bridgehead atoms. The van der Waals surface area contributed by atoms with Crippen molar-refractivity contribution in [2.45, 2.75) is 52.0 Å². The van der Waals surface area contributed by atoms with Crippen molar-refractivity contribution >= 4 is 0 Å². The van der Waals surface area contributed by atoms with Crippen LogP contribution in [0, 0.1) is 5.92 Å². The average molecular weight is 155 g/mol. The third-order valence-corrected chi connectivity index (χ3v) is 2.65. The molecule has 2 atom stereocenters. The smallest absolute Gasteiger partial charge is 0.00388 e. The first-order chi connectivity index (χ1) is 5.29. The van der Waals surface area contributed by atoms with Gasteiger partial charge < -0.3 is 5.32 Å². The van der Waals surface area contributed by atoms with Crippen LogP contribution in [0.15, 0.2) is 0 Å². The minimum Gasteiger partial charge on any atom is -0.314 e. The molecule has 1 rings (SSSR count). The van der Waals surface area contributed by atoms with E-state index in [-0.39, 0.29) is 0 Å². The van der Waals surface area contributed by atoms with Gasteiger partial charge in [0.1, 0.15) is 0 Å². The summed E-state index contributed by atoms with van der Waals surface area (Å²) < 4.78 is 0. The van der Waals surface area contributed by atoms with Gasteiger partial charge in [-0.2, -0.15) is 0 Å². The lowest BCUT2D eigenvalue weighted by Gasteiger charge is -2.14. The molecule has 66 valence electrons. The van der Waals surface area contributed by atoms with E-state index in [9.17, 15) is 0 Å². The third kappa shape index (κ3) is 3.76. The molecular formula is C10H21N. The molecule has 0 aliphatic carbocycles. The van der Waals surface area contributed by atoms with Crippen LogP contribution < -0.4 is 5.32 Å². The standard InChI is InChI=1S/C10H21N/c1-9-6-4-3-5-7-10(2)11-8-9/h9-11H,3-8H2,1-2H3/t9?,10-/m0/s1. The third-order valence-electron chi connectivity index (χ3n) is 2.65. The summed E-state index contributed by atoms with van der Waals surface area (Å²) in [5.41, 5.74) is 0. The highest BCUT2D eigenvalue weighted by Gasteiger charge is 2.08. The van der Waals surface area contributed by atoms with Crippen LogP contribution in [0.2, 0.25) is 0 Å². The molecule has 11 heavy (non-hydrogen) atoms. The maximum absolute atomic E-state index is 3.57. The number of hydrogen-bond donors (Lipinski definition) is 1. The van der Waals surface area contributed by atoms with Gasteiger partial charge in [0.25, 0.3) is 0 Å². The van der Waals surface area contributed by atoms with Gasteiger partial charge in [0.15, 0.2) is 0 Å². The van der Waals surface area contributed by atoms with Crippen molar-refractivity contribution in [3.05, 3.63) is 0 Å². The Morgan fingerprint density at radius 3 is 2.55 bits per heavy atom. The van der Waals surface area contributed by atoms with Crippen molar-refractivity contribution in [2.75, 3.05) is 6.54 Å². The summed E-state index contributed by atoms with van der Waals surface area (Å²) in [7, 11) is 0. The fourth-order valence-electron chi connectivity index (χ4n) is 1.73. The summed E-state index contributed by atoms with van der Waals surface area (Å²) in [5.74, 6) is 0.885. The predicted octanol–water partition coefficient (Wildman–Crippen LogP) is 2.56. The predicted molar refractivity (Wildman–Crippen MR) is 49.7 cm³/mol. The van der Waals surface area contributed by atoms with Crippen molar-refractivity contribution in [1.82, 2.24) is 5.32 Å². The van der Waals surface area contributed by atoms with Crippen molar-refractivity contribution in [2.24, 2.45) is 5.92 Å². The Morgan fingerprint density at radius 2 is 1.73 bits per heavy atom. The fourth-order valence-corrected chi connectivity index (χ4v) is 1.73. The normalized spacial score (nSPS) is 35.5. The molecule has 0 amide bonds. The maximum Gasteiger partial charge on any atom is 0.00388 e. The lowest BCUT2D eigenvalue weighted by Crippen LogP contribution is -2.29. The molecule has 0 saturated carbocycles. The minimum atomic E-state index is 0.746. The van der Waals surface area contributed by atoms with E-state index in [4.69, 9.17) is 0 Å². The molecular weight excluding hydrogens is 134 g/mol. The number of hydrogen-bond acceptors (Lipinski definition) is 1. The van der Waals surface area contributed by atoms with Crippen LogP contribution in [0.3, 0.4) is 0 Å². The maximum atomic E-state index is 3.57. The van der Waals surface area contributed by atoms with Gasteiger partial charge in [0.05, 0.1) is 0 Å². The lowest BCUT2D eigenvalue weighted by molar-refractivity contribution is 0.446. The van der Waals surface area contributed by atoms with E-state index in [1.807, 2.05) is 0 Å². The Hall–Kier alpha value is -0.0400. The Labute approximate surface area is 70.6 Å². The van der Waals surface area contributed by atoms with Crippen LogP contribution in [0.25, 0.3) is 0 Å². The van der Waals surface area contributed by atoms with E-state index >= 15 is 0 Å². The zero-order chi connectivity index (χ0) is 8.10. The first-order valence-electron chi connectivity index (χ1n) is 5.02. The highest BCUT2D eigenvalue weighted by Crippen LogP contribution is 2.13. The first-order valence-corrected chi connectivity index (χ1v) is 5.02. The molecule has 1 heteroatoms. The highest BCUT2D eigenvalue weighted by molar-refractivity contribution is 4.66. The molecule has 1 aliphatic heterocycles. The van der Waals surface area contributed by atoms with E-state index in [1.54, 1.807) is 0 Å². The molecule has 1 heterocycles. The second kappa shape index (κ2) is 4.76. The van der Waals surface area contributed by atoms with Gasteiger partial charge in [-0.3, -0.25) is 0 Å². The summed E-state index contributed by atoms with van der Waals surface area (Å²) in [6.07, 6.45) is 7.08. The van der Waals surface area contributed by atoms with E-state index in [0.717, 1.165) is 12.0 Å². The van der Waals surface area contributed by atoms with Crippen LogP contribution in [0.4, 0.5) is 0 Å². The molecule has 1 fully saturated rings. The summed E-state index contributed by atoms with van der Waals surface area (Å²) in [6.45, 7) is 5.88. The molecule has 1 saturated heterocycles. The van der Waals surface area contributed by atoms with Gasteiger partial charge in [0, 0.05) is 6.04 Å². The second-order valence-corrected chi connectivity index (χ2v) is 4.05. The summed E-state index contributed by atoms with van der Waals surface area (Å²) in [6, 6.07) is 0.746. The van der Waals surface area contributed by atoms with Gasteiger partial charge in [-0.1, -0.05) is 26.2 Å². The summed E-state index contributed by atoms with van der Waals surface area (Å²) in [5, 5.41) is 3.57. The fraction of sp³-hybridized carbons (Fsp3) is 1.00. The van der Waals surface area contributed by atoms with Crippen molar-refractivity contribution < 1.29 is 0 Å². The van der Waals surface area contributed by atoms with Gasteiger partial charge in [-0.25, -0.2) is 0 Å². The first kappa shape index (κ1) is 9.05. The van der Waals surface area contributed by atoms with E-state index in [2.05, 4.69) is 19.2 Å². The Kier molecular flexibility index (Phi) is 3.92. The summed E-state index contributed by atoms with van der Waals surface area (Å²) >= 11 is 0. The number of nitrogens with one attached hydrogen (secondary N) is 1. The molecule has 0 radical (unpaired) electrons. The lowest BCUT2D eigenvalue weighted by atomic mass is 10.0. The zero-order valence-corrected chi connectivity index (χ0v) is 7.90. The van der Waals surface area contributed by atoms with Gasteiger partial charge in [0.2, 0.25) is 0 Å². The van der Waals surface area contributed by atoms with Crippen LogP contribution in [0.5, 0.6) is 0 Å². The minimum absolute atomic E-state index is 0.746. The Bertz CT molecular complexity index is 89.0. The Morgan fingerprint density at radius 1 is 1.00 bits per heavy atom. The van der Waals surface area contributed by atoms with E-state index in [0.29, 0.717) is 0 Å².